The Kier molecular flexibility index (Phi) is 5.53. The van der Waals surface area contributed by atoms with Gasteiger partial charge in [-0.1, -0.05) is 30.3 Å². The summed E-state index contributed by atoms with van der Waals surface area (Å²) in [5.41, 5.74) is 3.73. The molecule has 4 rings (SSSR count). The van der Waals surface area contributed by atoms with Crippen LogP contribution in [0.2, 0.25) is 0 Å². The predicted molar refractivity (Wildman–Crippen MR) is 116 cm³/mol. The normalized spacial score (nSPS) is 15.7. The van der Waals surface area contributed by atoms with Crippen molar-refractivity contribution in [3.63, 3.8) is 0 Å². The molecular formula is C23H28N4O2. The van der Waals surface area contributed by atoms with Crippen molar-refractivity contribution < 1.29 is 4.79 Å². The van der Waals surface area contributed by atoms with Gasteiger partial charge in [-0.15, -0.1) is 0 Å². The summed E-state index contributed by atoms with van der Waals surface area (Å²) < 4.78 is 3.21. The zero-order chi connectivity index (χ0) is 20.4. The van der Waals surface area contributed by atoms with Gasteiger partial charge in [-0.05, 0) is 62.0 Å². The number of amides is 1. The number of nitrogens with zero attached hydrogens (tertiary/aromatic N) is 3. The second-order valence-electron chi connectivity index (χ2n) is 8.06. The number of anilines is 1. The molecule has 0 aliphatic carbocycles. The Labute approximate surface area is 170 Å². The van der Waals surface area contributed by atoms with E-state index in [1.165, 1.54) is 5.56 Å². The molecule has 6 heteroatoms. The summed E-state index contributed by atoms with van der Waals surface area (Å²) in [7, 11) is 3.50. The Morgan fingerprint density at radius 1 is 1.00 bits per heavy atom. The van der Waals surface area contributed by atoms with Crippen molar-refractivity contribution in [1.29, 1.82) is 0 Å². The van der Waals surface area contributed by atoms with E-state index in [0.29, 0.717) is 12.5 Å². The number of hydrogen-bond donors (Lipinski definition) is 1. The lowest BCUT2D eigenvalue weighted by Crippen LogP contribution is -2.39. The minimum Gasteiger partial charge on any atom is -0.325 e. The van der Waals surface area contributed by atoms with Crippen molar-refractivity contribution in [2.75, 3.05) is 25.0 Å². The number of fused-ring (bicyclic) bond motifs is 1. The molecule has 6 nitrogen and oxygen atoms in total. The van der Waals surface area contributed by atoms with Gasteiger partial charge in [0, 0.05) is 19.8 Å². The van der Waals surface area contributed by atoms with E-state index >= 15 is 0 Å². The third-order valence-electron chi connectivity index (χ3n) is 6.00. The standard InChI is InChI=1S/C23H28N4O2/c1-25-20-9-8-19(15-21(20)26(2)23(25)29)24-22(28)16-27-12-10-18(11-13-27)14-17-6-4-3-5-7-17/h3-9,15,18H,10-14,16H2,1-2H3,(H,24,28). The van der Waals surface area contributed by atoms with Gasteiger partial charge in [0.05, 0.1) is 17.6 Å². The summed E-state index contributed by atoms with van der Waals surface area (Å²) >= 11 is 0. The Balaban J connectivity index is 1.31. The van der Waals surface area contributed by atoms with E-state index in [4.69, 9.17) is 0 Å². The molecule has 0 saturated carbocycles. The van der Waals surface area contributed by atoms with Crippen molar-refractivity contribution in [2.24, 2.45) is 20.0 Å². The van der Waals surface area contributed by atoms with Crippen LogP contribution in [0.15, 0.2) is 53.3 Å². The molecule has 152 valence electrons. The molecule has 1 fully saturated rings. The van der Waals surface area contributed by atoms with Crippen LogP contribution in [0.3, 0.4) is 0 Å². The van der Waals surface area contributed by atoms with Crippen molar-refractivity contribution in [1.82, 2.24) is 14.0 Å². The van der Waals surface area contributed by atoms with E-state index in [-0.39, 0.29) is 11.6 Å². The van der Waals surface area contributed by atoms with Crippen LogP contribution in [0.1, 0.15) is 18.4 Å². The highest BCUT2D eigenvalue weighted by Crippen LogP contribution is 2.22. The molecule has 0 radical (unpaired) electrons. The third-order valence-corrected chi connectivity index (χ3v) is 6.00. The number of aromatic nitrogens is 2. The summed E-state index contributed by atoms with van der Waals surface area (Å²) in [4.78, 5) is 26.8. The van der Waals surface area contributed by atoms with Crippen LogP contribution in [0.5, 0.6) is 0 Å². The molecule has 2 heterocycles. The molecule has 1 aromatic heterocycles. The third kappa shape index (κ3) is 4.27. The van der Waals surface area contributed by atoms with Crippen molar-refractivity contribution in [3.05, 3.63) is 64.6 Å². The summed E-state index contributed by atoms with van der Waals surface area (Å²) in [5, 5.41) is 2.98. The Bertz CT molecular complexity index is 1060. The first kappa shape index (κ1) is 19.5. The van der Waals surface area contributed by atoms with Crippen molar-refractivity contribution in [3.8, 4) is 0 Å². The number of likely N-dealkylation sites (tertiary alicyclic amines) is 1. The van der Waals surface area contributed by atoms with Gasteiger partial charge in [-0.2, -0.15) is 0 Å². The lowest BCUT2D eigenvalue weighted by molar-refractivity contribution is -0.117. The van der Waals surface area contributed by atoms with Gasteiger partial charge >= 0.3 is 5.69 Å². The maximum Gasteiger partial charge on any atom is 0.328 e. The molecule has 0 bridgehead atoms. The van der Waals surface area contributed by atoms with E-state index < -0.39 is 0 Å². The number of aryl methyl sites for hydroxylation is 2. The molecule has 1 saturated heterocycles. The predicted octanol–water partition coefficient (Wildman–Crippen LogP) is 2.77. The van der Waals surface area contributed by atoms with Crippen LogP contribution in [-0.4, -0.2) is 39.6 Å². The fourth-order valence-electron chi connectivity index (χ4n) is 4.28. The molecule has 3 aromatic rings. The molecular weight excluding hydrogens is 364 g/mol. The average molecular weight is 393 g/mol. The van der Waals surface area contributed by atoms with E-state index in [1.54, 1.807) is 23.2 Å². The van der Waals surface area contributed by atoms with E-state index in [9.17, 15) is 9.59 Å². The van der Waals surface area contributed by atoms with Gasteiger partial charge in [0.1, 0.15) is 0 Å². The molecule has 1 amide bonds. The van der Waals surface area contributed by atoms with Gasteiger partial charge in [-0.25, -0.2) is 4.79 Å². The maximum absolute atomic E-state index is 12.5. The van der Waals surface area contributed by atoms with Crippen LogP contribution in [-0.2, 0) is 25.3 Å². The number of benzene rings is 2. The van der Waals surface area contributed by atoms with Gasteiger partial charge in [0.2, 0.25) is 5.91 Å². The molecule has 0 unspecified atom stereocenters. The minimum atomic E-state index is -0.0677. The highest BCUT2D eigenvalue weighted by Gasteiger charge is 2.21. The van der Waals surface area contributed by atoms with E-state index in [2.05, 4.69) is 40.5 Å². The number of rotatable bonds is 5. The van der Waals surface area contributed by atoms with Crippen LogP contribution >= 0.6 is 0 Å². The maximum atomic E-state index is 12.5. The first-order valence-corrected chi connectivity index (χ1v) is 10.2. The number of carbonyl (C=O) groups excluding carboxylic acids is 1. The van der Waals surface area contributed by atoms with Crippen molar-refractivity contribution in [2.45, 2.75) is 19.3 Å². The summed E-state index contributed by atoms with van der Waals surface area (Å²) in [6.07, 6.45) is 3.37. The minimum absolute atomic E-state index is 0.00760. The van der Waals surface area contributed by atoms with Crippen LogP contribution in [0, 0.1) is 5.92 Å². The number of imidazole rings is 1. The molecule has 1 aliphatic heterocycles. The monoisotopic (exact) mass is 392 g/mol. The number of carbonyl (C=O) groups is 1. The highest BCUT2D eigenvalue weighted by molar-refractivity contribution is 5.94. The lowest BCUT2D eigenvalue weighted by Gasteiger charge is -2.31. The summed E-state index contributed by atoms with van der Waals surface area (Å²) in [6, 6.07) is 16.2. The fourth-order valence-corrected chi connectivity index (χ4v) is 4.28. The smallest absolute Gasteiger partial charge is 0.325 e. The molecule has 29 heavy (non-hydrogen) atoms. The van der Waals surface area contributed by atoms with E-state index in [1.807, 2.05) is 18.2 Å². The zero-order valence-electron chi connectivity index (χ0n) is 17.1. The topological polar surface area (TPSA) is 59.3 Å². The van der Waals surface area contributed by atoms with Crippen LogP contribution < -0.4 is 11.0 Å². The molecule has 1 aliphatic rings. The second kappa shape index (κ2) is 8.25. The van der Waals surface area contributed by atoms with Crippen LogP contribution in [0.25, 0.3) is 11.0 Å². The van der Waals surface area contributed by atoms with Gasteiger partial charge in [0.25, 0.3) is 0 Å². The highest BCUT2D eigenvalue weighted by atomic mass is 16.2. The first-order valence-electron chi connectivity index (χ1n) is 10.2. The first-order chi connectivity index (χ1) is 14.0. The number of nitrogens with one attached hydrogen (secondary N) is 1. The van der Waals surface area contributed by atoms with Gasteiger partial charge in [0.15, 0.2) is 0 Å². The Morgan fingerprint density at radius 2 is 1.69 bits per heavy atom. The molecule has 0 spiro atoms. The largest absolute Gasteiger partial charge is 0.328 e. The molecule has 1 N–H and O–H groups in total. The molecule has 0 atom stereocenters. The summed E-state index contributed by atoms with van der Waals surface area (Å²) in [6.45, 7) is 2.32. The fraction of sp³-hybridized carbons (Fsp3) is 0.391. The van der Waals surface area contributed by atoms with Gasteiger partial charge < -0.3 is 5.32 Å². The lowest BCUT2D eigenvalue weighted by atomic mass is 9.90. The van der Waals surface area contributed by atoms with Gasteiger partial charge in [-0.3, -0.25) is 18.8 Å². The van der Waals surface area contributed by atoms with E-state index in [0.717, 1.165) is 49.1 Å². The quantitative estimate of drug-likeness (QED) is 0.726. The van der Waals surface area contributed by atoms with Crippen molar-refractivity contribution >= 4 is 22.6 Å². The molecule has 2 aromatic carbocycles. The Hall–Kier alpha value is -2.86. The van der Waals surface area contributed by atoms with Crippen LogP contribution in [0.4, 0.5) is 5.69 Å². The number of hydrogen-bond acceptors (Lipinski definition) is 3. The zero-order valence-corrected chi connectivity index (χ0v) is 17.1. The second-order valence-corrected chi connectivity index (χ2v) is 8.06. The Morgan fingerprint density at radius 3 is 2.41 bits per heavy atom. The number of piperidine rings is 1. The average Bonchev–Trinajstić information content (AvgIpc) is 2.94. The summed E-state index contributed by atoms with van der Waals surface area (Å²) in [5.74, 6) is 0.685. The SMILES string of the molecule is Cn1c(=O)n(C)c2cc(NC(=O)CN3CCC(Cc4ccccc4)CC3)ccc21.